The fourth-order valence-corrected chi connectivity index (χ4v) is 4.41. The van der Waals surface area contributed by atoms with Crippen molar-refractivity contribution in [3.8, 4) is 6.07 Å². The van der Waals surface area contributed by atoms with Crippen LogP contribution in [-0.4, -0.2) is 53.4 Å². The second-order valence-electron chi connectivity index (χ2n) is 8.31. The molecule has 1 aromatic rings. The number of imide groups is 1. The number of nitrogens with one attached hydrogen (secondary N) is 1. The summed E-state index contributed by atoms with van der Waals surface area (Å²) in [6.45, 7) is 2.95. The van der Waals surface area contributed by atoms with Crippen LogP contribution in [0.25, 0.3) is 0 Å². The minimum absolute atomic E-state index is 0.0196. The lowest BCUT2D eigenvalue weighted by Crippen LogP contribution is -2.54. The first-order valence-corrected chi connectivity index (χ1v) is 10.9. The van der Waals surface area contributed by atoms with Crippen LogP contribution in [0.4, 0.5) is 10.5 Å². The first-order valence-electron chi connectivity index (χ1n) is 10.9. The lowest BCUT2D eigenvalue weighted by Gasteiger charge is -2.36. The third-order valence-corrected chi connectivity index (χ3v) is 6.23. The molecule has 1 aliphatic heterocycles. The van der Waals surface area contributed by atoms with Crippen molar-refractivity contribution >= 4 is 29.5 Å². The van der Waals surface area contributed by atoms with Gasteiger partial charge in [0.1, 0.15) is 12.1 Å². The Hall–Kier alpha value is -3.41. The van der Waals surface area contributed by atoms with Gasteiger partial charge < -0.3 is 15.0 Å². The average molecular weight is 441 g/mol. The molecule has 32 heavy (non-hydrogen) atoms. The quantitative estimate of drug-likeness (QED) is 0.513. The molecule has 2 fully saturated rings. The molecule has 1 aliphatic carbocycles. The zero-order valence-corrected chi connectivity index (χ0v) is 18.4. The third-order valence-electron chi connectivity index (χ3n) is 6.23. The molecule has 0 unspecified atom stereocenters. The number of hydrogen-bond donors (Lipinski definition) is 1. The fraction of sp³-hybridized carbons (Fsp3) is 0.522. The molecule has 3 atom stereocenters. The number of benzene rings is 1. The van der Waals surface area contributed by atoms with Crippen molar-refractivity contribution in [2.45, 2.75) is 57.6 Å². The Morgan fingerprint density at radius 2 is 2.03 bits per heavy atom. The molecule has 1 aromatic carbocycles. The molecule has 2 aliphatic rings. The molecule has 9 heteroatoms. The summed E-state index contributed by atoms with van der Waals surface area (Å²) >= 11 is 0. The van der Waals surface area contributed by atoms with E-state index in [1.54, 1.807) is 30.3 Å². The molecule has 1 saturated heterocycles. The SMILES string of the molecule is C[C@H](OC(=O)CN1C(=O)N[C@@]2(CCCC[C@H]2C)C1=O)C(=O)N(CCC#N)c1ccccc1. The highest BCUT2D eigenvalue weighted by Gasteiger charge is 2.55. The molecule has 1 saturated carbocycles. The summed E-state index contributed by atoms with van der Waals surface area (Å²) in [6, 6.07) is 10.2. The van der Waals surface area contributed by atoms with Gasteiger partial charge in [0, 0.05) is 12.2 Å². The van der Waals surface area contributed by atoms with Crippen LogP contribution in [0.15, 0.2) is 30.3 Å². The summed E-state index contributed by atoms with van der Waals surface area (Å²) in [5, 5.41) is 11.7. The molecule has 1 spiro atoms. The smallest absolute Gasteiger partial charge is 0.327 e. The second-order valence-corrected chi connectivity index (χ2v) is 8.31. The first-order chi connectivity index (χ1) is 15.3. The van der Waals surface area contributed by atoms with Crippen LogP contribution >= 0.6 is 0 Å². The van der Waals surface area contributed by atoms with Crippen molar-refractivity contribution in [2.24, 2.45) is 5.92 Å². The van der Waals surface area contributed by atoms with Crippen molar-refractivity contribution in [1.29, 1.82) is 5.26 Å². The monoisotopic (exact) mass is 440 g/mol. The third kappa shape index (κ3) is 4.59. The molecule has 1 N–H and O–H groups in total. The predicted molar refractivity (Wildman–Crippen MR) is 115 cm³/mol. The van der Waals surface area contributed by atoms with Gasteiger partial charge in [0.15, 0.2) is 6.10 Å². The number of esters is 1. The van der Waals surface area contributed by atoms with E-state index in [-0.39, 0.29) is 18.9 Å². The summed E-state index contributed by atoms with van der Waals surface area (Å²) in [7, 11) is 0. The van der Waals surface area contributed by atoms with Gasteiger partial charge in [0.25, 0.3) is 11.8 Å². The number of rotatable bonds is 7. The lowest BCUT2D eigenvalue weighted by molar-refractivity contribution is -0.156. The normalized spacial score (nSPS) is 23.4. The van der Waals surface area contributed by atoms with Gasteiger partial charge in [-0.2, -0.15) is 5.26 Å². The Labute approximate surface area is 187 Å². The van der Waals surface area contributed by atoms with E-state index in [4.69, 9.17) is 10.00 Å². The number of carbonyl (C=O) groups excluding carboxylic acids is 4. The van der Waals surface area contributed by atoms with E-state index < -0.39 is 42.0 Å². The molecule has 1 heterocycles. The van der Waals surface area contributed by atoms with E-state index >= 15 is 0 Å². The van der Waals surface area contributed by atoms with E-state index in [0.29, 0.717) is 12.1 Å². The topological polar surface area (TPSA) is 120 Å². The molecular weight excluding hydrogens is 412 g/mol. The Morgan fingerprint density at radius 3 is 2.69 bits per heavy atom. The molecule has 0 bridgehead atoms. The van der Waals surface area contributed by atoms with Gasteiger partial charge in [-0.15, -0.1) is 0 Å². The maximum atomic E-state index is 13.0. The summed E-state index contributed by atoms with van der Waals surface area (Å²) in [4.78, 5) is 53.1. The van der Waals surface area contributed by atoms with E-state index in [1.165, 1.54) is 11.8 Å². The van der Waals surface area contributed by atoms with Crippen LogP contribution in [0, 0.1) is 17.2 Å². The van der Waals surface area contributed by atoms with Crippen LogP contribution in [-0.2, 0) is 19.1 Å². The highest BCUT2D eigenvalue weighted by atomic mass is 16.5. The summed E-state index contributed by atoms with van der Waals surface area (Å²) < 4.78 is 5.27. The largest absolute Gasteiger partial charge is 0.451 e. The van der Waals surface area contributed by atoms with E-state index in [1.807, 2.05) is 13.0 Å². The van der Waals surface area contributed by atoms with E-state index in [9.17, 15) is 19.2 Å². The minimum Gasteiger partial charge on any atom is -0.451 e. The van der Waals surface area contributed by atoms with Crippen molar-refractivity contribution in [3.05, 3.63) is 30.3 Å². The van der Waals surface area contributed by atoms with Crippen LogP contribution in [0.1, 0.15) is 46.0 Å². The summed E-state index contributed by atoms with van der Waals surface area (Å²) in [5.41, 5.74) is -0.378. The highest BCUT2D eigenvalue weighted by molar-refractivity contribution is 6.09. The number of ether oxygens (including phenoxy) is 1. The Balaban J connectivity index is 1.65. The van der Waals surface area contributed by atoms with Gasteiger partial charge in [0.2, 0.25) is 0 Å². The van der Waals surface area contributed by atoms with Gasteiger partial charge in [-0.1, -0.05) is 38.0 Å². The lowest BCUT2D eigenvalue weighted by atomic mass is 9.73. The van der Waals surface area contributed by atoms with Gasteiger partial charge in [-0.3, -0.25) is 19.3 Å². The standard InChI is InChI=1S/C23H28N4O5/c1-16-9-6-7-12-23(16)21(30)27(22(31)25-23)15-19(28)32-17(2)20(29)26(14-8-13-24)18-10-4-3-5-11-18/h3-5,10-11,16-17H,6-9,12,14-15H2,1-2H3,(H,25,31)/t16-,17+,23-/m1/s1. The predicted octanol–water partition coefficient (Wildman–Crippen LogP) is 2.37. The highest BCUT2D eigenvalue weighted by Crippen LogP contribution is 2.38. The molecule has 4 amide bonds. The molecule has 9 nitrogen and oxygen atoms in total. The Morgan fingerprint density at radius 1 is 1.31 bits per heavy atom. The Bertz CT molecular complexity index is 928. The van der Waals surface area contributed by atoms with E-state index in [0.717, 1.165) is 24.2 Å². The summed E-state index contributed by atoms with van der Waals surface area (Å²) in [5.74, 6) is -1.77. The second kappa shape index (κ2) is 9.81. The number of urea groups is 1. The van der Waals surface area contributed by atoms with Gasteiger partial charge in [-0.25, -0.2) is 4.79 Å². The van der Waals surface area contributed by atoms with Crippen molar-refractivity contribution in [3.63, 3.8) is 0 Å². The number of hydrogen-bond acceptors (Lipinski definition) is 6. The molecule has 3 rings (SSSR count). The van der Waals surface area contributed by atoms with Crippen LogP contribution in [0.5, 0.6) is 0 Å². The average Bonchev–Trinajstić information content (AvgIpc) is 3.01. The van der Waals surface area contributed by atoms with Gasteiger partial charge in [-0.05, 0) is 37.8 Å². The zero-order chi connectivity index (χ0) is 23.3. The molecule has 0 aromatic heterocycles. The number of amides is 4. The van der Waals surface area contributed by atoms with Crippen LogP contribution in [0.3, 0.4) is 0 Å². The molecule has 170 valence electrons. The fourth-order valence-electron chi connectivity index (χ4n) is 4.41. The van der Waals surface area contributed by atoms with Gasteiger partial charge in [0.05, 0.1) is 12.5 Å². The molecular formula is C23H28N4O5. The van der Waals surface area contributed by atoms with Crippen molar-refractivity contribution in [1.82, 2.24) is 10.2 Å². The maximum absolute atomic E-state index is 13.0. The van der Waals surface area contributed by atoms with Crippen LogP contribution < -0.4 is 10.2 Å². The number of anilines is 1. The van der Waals surface area contributed by atoms with Crippen molar-refractivity contribution in [2.75, 3.05) is 18.0 Å². The maximum Gasteiger partial charge on any atom is 0.327 e. The van der Waals surface area contributed by atoms with Crippen LogP contribution in [0.2, 0.25) is 0 Å². The summed E-state index contributed by atoms with van der Waals surface area (Å²) in [6.07, 6.45) is 2.17. The molecule has 0 radical (unpaired) electrons. The Kier molecular flexibility index (Phi) is 7.13. The van der Waals surface area contributed by atoms with Crippen molar-refractivity contribution < 1.29 is 23.9 Å². The first kappa shape index (κ1) is 23.3. The van der Waals surface area contributed by atoms with E-state index in [2.05, 4.69) is 5.32 Å². The zero-order valence-electron chi connectivity index (χ0n) is 18.4. The van der Waals surface area contributed by atoms with Gasteiger partial charge >= 0.3 is 12.0 Å². The number of nitriles is 1. The minimum atomic E-state index is -1.15. The number of para-hydroxylation sites is 1. The number of carbonyl (C=O) groups is 4. The number of nitrogens with zero attached hydrogens (tertiary/aromatic N) is 3.